The third-order valence-corrected chi connectivity index (χ3v) is 7.80. The van der Waals surface area contributed by atoms with E-state index in [4.69, 9.17) is 18.9 Å². The van der Waals surface area contributed by atoms with Gasteiger partial charge < -0.3 is 18.9 Å². The molecule has 1 aromatic carbocycles. The van der Waals surface area contributed by atoms with Crippen LogP contribution in [0.4, 0.5) is 0 Å². The number of allylic oxidation sites excluding steroid dienone is 2. The monoisotopic (exact) mass is 454 g/mol. The van der Waals surface area contributed by atoms with Gasteiger partial charge in [-0.3, -0.25) is 0 Å². The van der Waals surface area contributed by atoms with Crippen LogP contribution in [0.5, 0.6) is 11.5 Å². The lowest BCUT2D eigenvalue weighted by atomic mass is 9.91. The number of methoxy groups -OCH3 is 1. The maximum atomic E-state index is 6.45. The number of alkyl halides is 1. The number of hydrogen-bond acceptors (Lipinski definition) is 4. The Kier molecular flexibility index (Phi) is 6.40. The smallest absolute Gasteiger partial charge is 0.189 e. The van der Waals surface area contributed by atoms with E-state index in [0.29, 0.717) is 6.61 Å². The molecular weight excluding hydrogens is 424 g/mol. The fourth-order valence-corrected chi connectivity index (χ4v) is 4.41. The number of ether oxygens (including phenoxy) is 4. The van der Waals surface area contributed by atoms with Gasteiger partial charge in [0.1, 0.15) is 17.6 Å². The maximum Gasteiger partial charge on any atom is 0.189 e. The molecule has 0 aliphatic carbocycles. The molecule has 2 aliphatic heterocycles. The Balaban J connectivity index is 2.05. The molecule has 4 nitrogen and oxygen atoms in total. The molecular formula is C21H31BrO4Si. The minimum Gasteiger partial charge on any atom is -0.496 e. The van der Waals surface area contributed by atoms with Crippen LogP contribution in [0.25, 0.3) is 0 Å². The van der Waals surface area contributed by atoms with Gasteiger partial charge in [-0.2, -0.15) is 0 Å². The quantitative estimate of drug-likeness (QED) is 0.224. The number of rotatable bonds is 8. The van der Waals surface area contributed by atoms with Crippen molar-refractivity contribution in [3.8, 4) is 11.5 Å². The Labute approximate surface area is 172 Å². The van der Waals surface area contributed by atoms with Crippen LogP contribution in [-0.2, 0) is 22.5 Å². The second-order valence-corrected chi connectivity index (χ2v) is 14.8. The normalized spacial score (nSPS) is 21.5. The number of epoxide rings is 1. The van der Waals surface area contributed by atoms with Crippen LogP contribution in [0.1, 0.15) is 35.3 Å². The summed E-state index contributed by atoms with van der Waals surface area (Å²) in [5, 5.41) is 0.868. The van der Waals surface area contributed by atoms with Crippen LogP contribution < -0.4 is 9.47 Å². The second-order valence-electron chi connectivity index (χ2n) is 8.64. The fourth-order valence-electron chi connectivity index (χ4n) is 3.47. The van der Waals surface area contributed by atoms with Crippen LogP contribution in [0, 0.1) is 6.92 Å². The fraction of sp³-hybridized carbons (Fsp3) is 0.619. The van der Waals surface area contributed by atoms with E-state index in [1.54, 1.807) is 7.11 Å². The summed E-state index contributed by atoms with van der Waals surface area (Å²) in [5.41, 5.74) is 5.91. The Morgan fingerprint density at radius 2 is 2.04 bits per heavy atom. The molecule has 2 atom stereocenters. The molecule has 0 spiro atoms. The molecule has 1 saturated heterocycles. The minimum absolute atomic E-state index is 0.000222. The summed E-state index contributed by atoms with van der Waals surface area (Å²) in [6.07, 6.45) is 2.92. The molecule has 2 unspecified atom stereocenters. The SMILES string of the molecule is COc1c(C)c2c(c(OCC[Si](C)(C)C)c1C/C=C(\C)CBr)C1OC1OC2. The van der Waals surface area contributed by atoms with Crippen molar-refractivity contribution in [3.63, 3.8) is 0 Å². The van der Waals surface area contributed by atoms with Crippen LogP contribution >= 0.6 is 15.9 Å². The van der Waals surface area contributed by atoms with Gasteiger partial charge in [-0.1, -0.05) is 47.2 Å². The van der Waals surface area contributed by atoms with Gasteiger partial charge in [0, 0.05) is 24.5 Å². The molecule has 2 heterocycles. The van der Waals surface area contributed by atoms with Gasteiger partial charge in [0.15, 0.2) is 6.29 Å². The van der Waals surface area contributed by atoms with Crippen molar-refractivity contribution in [1.29, 1.82) is 0 Å². The molecule has 150 valence electrons. The molecule has 2 aliphatic rings. The topological polar surface area (TPSA) is 40.2 Å². The van der Waals surface area contributed by atoms with Gasteiger partial charge in [0.25, 0.3) is 0 Å². The first kappa shape index (κ1) is 20.9. The zero-order chi connectivity index (χ0) is 19.8. The van der Waals surface area contributed by atoms with Crippen molar-refractivity contribution in [1.82, 2.24) is 0 Å². The predicted molar refractivity (Wildman–Crippen MR) is 115 cm³/mol. The van der Waals surface area contributed by atoms with E-state index in [0.717, 1.165) is 47.0 Å². The zero-order valence-corrected chi connectivity index (χ0v) is 19.9. The molecule has 6 heteroatoms. The number of benzene rings is 1. The Morgan fingerprint density at radius 3 is 2.67 bits per heavy atom. The summed E-state index contributed by atoms with van der Waals surface area (Å²) < 4.78 is 23.8. The van der Waals surface area contributed by atoms with Crippen LogP contribution in [0.15, 0.2) is 11.6 Å². The highest BCUT2D eigenvalue weighted by Gasteiger charge is 2.49. The molecule has 0 saturated carbocycles. The third kappa shape index (κ3) is 4.61. The van der Waals surface area contributed by atoms with E-state index in [9.17, 15) is 0 Å². The summed E-state index contributed by atoms with van der Waals surface area (Å²) in [4.78, 5) is 0. The number of fused-ring (bicyclic) bond motifs is 3. The van der Waals surface area contributed by atoms with Crippen molar-refractivity contribution in [2.75, 3.05) is 19.0 Å². The summed E-state index contributed by atoms with van der Waals surface area (Å²) in [7, 11) is 0.565. The van der Waals surface area contributed by atoms with Gasteiger partial charge >= 0.3 is 0 Å². The molecule has 0 aromatic heterocycles. The van der Waals surface area contributed by atoms with Crippen LogP contribution in [0.2, 0.25) is 25.7 Å². The summed E-state index contributed by atoms with van der Waals surface area (Å²) in [6, 6.07) is 1.12. The first-order valence-electron chi connectivity index (χ1n) is 9.60. The summed E-state index contributed by atoms with van der Waals surface area (Å²) in [6.45, 7) is 12.7. The van der Waals surface area contributed by atoms with Gasteiger partial charge in [0.05, 0.1) is 20.3 Å². The lowest BCUT2D eigenvalue weighted by Gasteiger charge is -2.26. The molecule has 0 amide bonds. The molecule has 0 N–H and O–H groups in total. The second kappa shape index (κ2) is 8.27. The predicted octanol–water partition coefficient (Wildman–Crippen LogP) is 5.53. The van der Waals surface area contributed by atoms with Gasteiger partial charge in [-0.05, 0) is 37.4 Å². The summed E-state index contributed by atoms with van der Waals surface area (Å²) in [5.74, 6) is 1.87. The molecule has 1 fully saturated rings. The average Bonchev–Trinajstić information content (AvgIpc) is 3.40. The first-order chi connectivity index (χ1) is 12.8. The minimum atomic E-state index is -1.18. The Morgan fingerprint density at radius 1 is 1.30 bits per heavy atom. The lowest BCUT2D eigenvalue weighted by Crippen LogP contribution is -2.23. The standard InChI is InChI=1S/C21H31BrO4Si/c1-13(11-22)7-8-15-18(23-3)14(2)16-12-25-21-20(26-21)17(16)19(15)24-9-10-27(4,5)6/h7,20-21H,8-12H2,1-6H3/b13-7+. The first-order valence-corrected chi connectivity index (χ1v) is 14.4. The van der Waals surface area contributed by atoms with Crippen molar-refractivity contribution >= 4 is 24.0 Å². The average molecular weight is 455 g/mol. The van der Waals surface area contributed by atoms with Crippen molar-refractivity contribution in [3.05, 3.63) is 33.9 Å². The van der Waals surface area contributed by atoms with E-state index in [-0.39, 0.29) is 12.4 Å². The Bertz CT molecular complexity index is 739. The maximum absolute atomic E-state index is 6.45. The lowest BCUT2D eigenvalue weighted by molar-refractivity contribution is 0.0365. The van der Waals surface area contributed by atoms with Gasteiger partial charge in [0.2, 0.25) is 0 Å². The Hall–Kier alpha value is -0.823. The third-order valence-electron chi connectivity index (χ3n) is 5.21. The van der Waals surface area contributed by atoms with E-state index in [1.165, 1.54) is 16.7 Å². The molecule has 0 radical (unpaired) electrons. The van der Waals surface area contributed by atoms with Crippen molar-refractivity contribution in [2.45, 2.75) is 65.0 Å². The zero-order valence-electron chi connectivity index (χ0n) is 17.3. The molecule has 27 heavy (non-hydrogen) atoms. The highest BCUT2D eigenvalue weighted by molar-refractivity contribution is 9.09. The largest absolute Gasteiger partial charge is 0.496 e. The van der Waals surface area contributed by atoms with Crippen LogP contribution in [-0.4, -0.2) is 33.4 Å². The van der Waals surface area contributed by atoms with E-state index in [2.05, 4.69) is 55.5 Å². The van der Waals surface area contributed by atoms with E-state index in [1.807, 2.05) is 0 Å². The van der Waals surface area contributed by atoms with Crippen LogP contribution in [0.3, 0.4) is 0 Å². The molecule has 0 bridgehead atoms. The van der Waals surface area contributed by atoms with Crippen molar-refractivity contribution in [2.24, 2.45) is 0 Å². The summed E-state index contributed by atoms with van der Waals surface area (Å²) >= 11 is 3.53. The highest BCUT2D eigenvalue weighted by Crippen LogP contribution is 2.53. The van der Waals surface area contributed by atoms with E-state index >= 15 is 0 Å². The van der Waals surface area contributed by atoms with Gasteiger partial charge in [-0.15, -0.1) is 0 Å². The molecule has 3 rings (SSSR count). The number of halogens is 1. The van der Waals surface area contributed by atoms with Crippen molar-refractivity contribution < 1.29 is 18.9 Å². The van der Waals surface area contributed by atoms with E-state index < -0.39 is 8.07 Å². The molecule has 1 aromatic rings. The van der Waals surface area contributed by atoms with Gasteiger partial charge in [-0.25, -0.2) is 0 Å². The number of hydrogen-bond donors (Lipinski definition) is 0. The highest BCUT2D eigenvalue weighted by atomic mass is 79.9.